The highest BCUT2D eigenvalue weighted by Gasteiger charge is 2.56. The van der Waals surface area contributed by atoms with E-state index in [0.29, 0.717) is 22.6 Å². The van der Waals surface area contributed by atoms with Crippen molar-refractivity contribution >= 4 is 57.0 Å². The predicted octanol–water partition coefficient (Wildman–Crippen LogP) is 10.5. The van der Waals surface area contributed by atoms with Gasteiger partial charge in [-0.3, -0.25) is 4.79 Å². The minimum Gasteiger partial charge on any atom is -0.460 e. The van der Waals surface area contributed by atoms with Crippen LogP contribution in [0.15, 0.2) is 250 Å². The highest BCUT2D eigenvalue weighted by Crippen LogP contribution is 2.58. The van der Waals surface area contributed by atoms with Crippen LogP contribution in [0.25, 0.3) is 16.7 Å². The highest BCUT2D eigenvalue weighted by molar-refractivity contribution is 6.36. The van der Waals surface area contributed by atoms with Gasteiger partial charge in [-0.1, -0.05) is 42.5 Å². The van der Waals surface area contributed by atoms with Crippen LogP contribution in [0.1, 0.15) is 88.4 Å². The van der Waals surface area contributed by atoms with Crippen molar-refractivity contribution in [2.75, 3.05) is 56.1 Å². The van der Waals surface area contributed by atoms with Crippen LogP contribution in [0, 0.1) is 0 Å². The number of allylic oxidation sites excluding steroid dienone is 11. The average Bonchev–Trinajstić information content (AvgIpc) is 1.61. The van der Waals surface area contributed by atoms with Crippen molar-refractivity contribution in [1.29, 1.82) is 0 Å². The number of amides is 1. The van der Waals surface area contributed by atoms with Crippen molar-refractivity contribution in [3.05, 3.63) is 291 Å². The smallest absolute Gasteiger partial charge is 0.365 e. The molecule has 14 nitrogen and oxygen atoms in total. The number of H-pyrrole nitrogens is 1. The van der Waals surface area contributed by atoms with Crippen LogP contribution in [0.5, 0.6) is 11.5 Å². The SMILES string of the molecule is CCN(CC)c1ccc2c(c1)Oc1cc(N(CC)CC)ccc1C21c2ccccc2C(=O)N1CC[NH+]=C(O)c1ccc(C2=C3C=CC(=N3)C(=C3C=CN(C)C=C3)C3=NC(=C(c4cc[n+](C)cc4)c4ccc([nH]4)C(c4cc[n+](C)cc4)=C4C=CC2=N4)C=C3)cc1. The van der Waals surface area contributed by atoms with Gasteiger partial charge in [0.1, 0.15) is 31.1 Å². The normalized spacial score (nSPS) is 16.8. The van der Waals surface area contributed by atoms with Crippen LogP contribution >= 0.6 is 0 Å². The van der Waals surface area contributed by atoms with Gasteiger partial charge in [-0.05, 0) is 147 Å². The third kappa shape index (κ3) is 9.72. The molecular weight excluding hydrogens is 1100 g/mol. The van der Waals surface area contributed by atoms with Gasteiger partial charge in [-0.2, -0.15) is 0 Å². The number of aliphatic hydroxyl groups excluding tert-OH is 1. The molecule has 3 N–H and O–H groups in total. The Morgan fingerprint density at radius 1 is 0.573 bits per heavy atom. The van der Waals surface area contributed by atoms with Crippen LogP contribution in [0.3, 0.4) is 0 Å². The lowest BCUT2D eigenvalue weighted by molar-refractivity contribution is -0.671. The summed E-state index contributed by atoms with van der Waals surface area (Å²) in [4.78, 5) is 47.4. The summed E-state index contributed by atoms with van der Waals surface area (Å²) >= 11 is 0. The van der Waals surface area contributed by atoms with Crippen molar-refractivity contribution < 1.29 is 28.8 Å². The molecule has 0 saturated heterocycles. The molecule has 8 bridgehead atoms. The van der Waals surface area contributed by atoms with E-state index in [1.807, 2.05) is 94.9 Å². The molecule has 89 heavy (non-hydrogen) atoms. The lowest BCUT2D eigenvalue weighted by Crippen LogP contribution is -2.76. The molecule has 10 heterocycles. The van der Waals surface area contributed by atoms with E-state index >= 15 is 4.79 Å². The number of hydrogen-bond donors (Lipinski definition) is 3. The van der Waals surface area contributed by atoms with E-state index in [2.05, 4.69) is 200 Å². The summed E-state index contributed by atoms with van der Waals surface area (Å²) in [5.41, 5.74) is 19.0. The van der Waals surface area contributed by atoms with Gasteiger partial charge in [-0.15, -0.1) is 0 Å². The number of aromatic nitrogens is 3. The average molecular weight is 1170 g/mol. The predicted molar refractivity (Wildman–Crippen MR) is 354 cm³/mol. The zero-order chi connectivity index (χ0) is 61.1. The van der Waals surface area contributed by atoms with Crippen molar-refractivity contribution in [2.45, 2.75) is 33.2 Å². The number of carbonyl (C=O) groups is 1. The van der Waals surface area contributed by atoms with Gasteiger partial charge in [-0.25, -0.2) is 29.1 Å². The molecule has 14 rings (SSSR count). The van der Waals surface area contributed by atoms with Crippen LogP contribution < -0.4 is 28.7 Å². The van der Waals surface area contributed by atoms with E-state index in [9.17, 15) is 5.11 Å². The molecule has 0 atom stereocenters. The van der Waals surface area contributed by atoms with Gasteiger partial charge in [0.2, 0.25) is 0 Å². The van der Waals surface area contributed by atoms with Crippen molar-refractivity contribution in [1.82, 2.24) is 14.8 Å². The molecule has 4 aromatic carbocycles. The summed E-state index contributed by atoms with van der Waals surface area (Å²) in [6.45, 7) is 12.5. The van der Waals surface area contributed by atoms with Crippen molar-refractivity contribution in [2.24, 2.45) is 29.1 Å². The topological polar surface area (TPSA) is 134 Å². The van der Waals surface area contributed by atoms with Gasteiger partial charge in [0.15, 0.2) is 31.3 Å². The lowest BCUT2D eigenvalue weighted by atomic mass is 9.74. The summed E-state index contributed by atoms with van der Waals surface area (Å²) in [6.07, 6.45) is 29.0. The molecule has 14 heteroatoms. The van der Waals surface area contributed by atoms with E-state index in [4.69, 9.17) is 19.7 Å². The Morgan fingerprint density at radius 3 is 1.57 bits per heavy atom. The van der Waals surface area contributed by atoms with Crippen LogP contribution in [0.2, 0.25) is 0 Å². The maximum Gasteiger partial charge on any atom is 0.365 e. The molecule has 7 aliphatic heterocycles. The number of rotatable bonds is 13. The van der Waals surface area contributed by atoms with Gasteiger partial charge in [0, 0.05) is 144 Å². The maximum absolute atomic E-state index is 15.1. The standard InChI is InChI=1S/C75H68N11O3/c1-8-84(9-2)53-20-22-57-67(46-53)89-68-47-54(85(10-3)11-4)21-23-58(68)75(57)56-15-13-12-14-55(56)74(88)86(75)45-38-76-73(87)52-18-16-48(17-19-52)69-59-24-26-61(77-59)70(49-32-39-81(5)40-33-49)63-28-30-65(79-63)72(51-36-43-83(7)44-37-51)66-31-29-64(80-66)71(62-27-25-60(69)78-62)50-34-41-82(6)42-35-50/h12-37,39-44,46-47H,8-11,38,45H2,1-7H3,(H-,76,77,78,79,80,87)/q+1/p+2. The Bertz CT molecular complexity index is 4430. The van der Waals surface area contributed by atoms with E-state index in [1.165, 1.54) is 0 Å². The summed E-state index contributed by atoms with van der Waals surface area (Å²) in [6, 6.07) is 41.4. The van der Waals surface area contributed by atoms with Crippen molar-refractivity contribution in [3.63, 3.8) is 0 Å². The quantitative estimate of drug-likeness (QED) is 0.0598. The van der Waals surface area contributed by atoms with Gasteiger partial charge in [0.25, 0.3) is 5.91 Å². The number of fused-ring (bicyclic) bond motifs is 11. The molecule has 440 valence electrons. The molecule has 1 amide bonds. The second-order valence-corrected chi connectivity index (χ2v) is 23.1. The molecule has 7 aliphatic rings. The molecule has 0 saturated carbocycles. The first-order valence-electron chi connectivity index (χ1n) is 30.7. The van der Waals surface area contributed by atoms with Crippen LogP contribution in [-0.4, -0.2) is 95.1 Å². The second kappa shape index (κ2) is 22.8. The molecule has 7 aromatic rings. The number of hydrogen-bond acceptors (Lipinski definition) is 8. The third-order valence-corrected chi connectivity index (χ3v) is 17.9. The minimum atomic E-state index is -1.02. The number of aliphatic hydroxyl groups is 1. The number of aromatic amines is 1. The summed E-state index contributed by atoms with van der Waals surface area (Å²) < 4.78 is 11.0. The molecule has 0 fully saturated rings. The molecule has 0 unspecified atom stereocenters. The first-order valence-corrected chi connectivity index (χ1v) is 30.7. The number of carbonyl (C=O) groups excluding carboxylic acids is 1. The number of nitrogens with one attached hydrogen (secondary N) is 2. The Morgan fingerprint density at radius 2 is 1.06 bits per heavy atom. The van der Waals surface area contributed by atoms with Gasteiger partial charge in [0.05, 0.1) is 46.3 Å². The minimum absolute atomic E-state index is 0.0136. The fourth-order valence-corrected chi connectivity index (χ4v) is 13.4. The van der Waals surface area contributed by atoms with E-state index in [0.717, 1.165) is 144 Å². The van der Waals surface area contributed by atoms with Crippen molar-refractivity contribution in [3.8, 4) is 11.5 Å². The lowest BCUT2D eigenvalue weighted by Gasteiger charge is -2.44. The fourth-order valence-electron chi connectivity index (χ4n) is 13.4. The molecule has 0 aliphatic carbocycles. The van der Waals surface area contributed by atoms with E-state index < -0.39 is 5.54 Å². The number of aliphatic imine (C=N–C) groups is 3. The second-order valence-electron chi connectivity index (χ2n) is 23.1. The maximum atomic E-state index is 15.1. The number of aryl methyl sites for hydroxylation is 2. The number of anilines is 2. The summed E-state index contributed by atoms with van der Waals surface area (Å²) in [7, 11) is 6.05. The Hall–Kier alpha value is -10.7. The molecule has 3 aromatic heterocycles. The highest BCUT2D eigenvalue weighted by atomic mass is 16.5. The number of benzene rings is 4. The number of nitrogens with zero attached hydrogens (tertiary/aromatic N) is 9. The number of pyridine rings is 2. The zero-order valence-corrected chi connectivity index (χ0v) is 51.2. The third-order valence-electron chi connectivity index (χ3n) is 17.9. The summed E-state index contributed by atoms with van der Waals surface area (Å²) in [5, 5.41) is 12.1. The largest absolute Gasteiger partial charge is 0.460 e. The Labute approximate surface area is 519 Å². The molecule has 0 radical (unpaired) electrons. The van der Waals surface area contributed by atoms with Gasteiger partial charge < -0.3 is 34.4 Å². The first kappa shape index (κ1) is 56.1. The Kier molecular flexibility index (Phi) is 14.4. The molecular formula is C75H70N11O3+3. The van der Waals surface area contributed by atoms with Gasteiger partial charge >= 0.3 is 5.90 Å². The van der Waals surface area contributed by atoms with Crippen LogP contribution in [-0.2, 0) is 19.6 Å². The summed E-state index contributed by atoms with van der Waals surface area (Å²) in [5.74, 6) is 1.32. The first-order chi connectivity index (χ1) is 43.4. The van der Waals surface area contributed by atoms with E-state index in [-0.39, 0.29) is 24.9 Å². The Balaban J connectivity index is 0.856. The fraction of sp³-hybridized carbons (Fsp3) is 0.187. The number of ether oxygens (including phenoxy) is 1. The molecule has 1 spiro atoms. The van der Waals surface area contributed by atoms with E-state index in [1.54, 1.807) is 0 Å². The monoisotopic (exact) mass is 1170 g/mol. The van der Waals surface area contributed by atoms with Crippen LogP contribution in [0.4, 0.5) is 11.4 Å². The zero-order valence-electron chi connectivity index (χ0n) is 51.2.